The minimum absolute atomic E-state index is 0.0616. The summed E-state index contributed by atoms with van der Waals surface area (Å²) in [5.41, 5.74) is 0. The van der Waals surface area contributed by atoms with Crippen molar-refractivity contribution in [2.75, 3.05) is 5.33 Å². The molecule has 0 bridgehead atoms. The lowest BCUT2D eigenvalue weighted by molar-refractivity contribution is -0.140. The van der Waals surface area contributed by atoms with E-state index < -0.39 is 5.79 Å². The number of hydrogen-bond acceptors (Lipinski definition) is 2. The van der Waals surface area contributed by atoms with Crippen molar-refractivity contribution in [2.45, 2.75) is 38.8 Å². The fourth-order valence-corrected chi connectivity index (χ4v) is 1.39. The molecule has 1 saturated heterocycles. The molecule has 0 N–H and O–H groups in total. The van der Waals surface area contributed by atoms with Crippen molar-refractivity contribution in [1.29, 1.82) is 0 Å². The lowest BCUT2D eigenvalue weighted by Gasteiger charge is -2.15. The number of hydrogen-bond donors (Lipinski definition) is 0. The molecule has 2 nitrogen and oxygen atoms in total. The summed E-state index contributed by atoms with van der Waals surface area (Å²) < 4.78 is 11.1. The second-order valence-electron chi connectivity index (χ2n) is 3.22. The molecule has 0 aromatic heterocycles. The normalized spacial score (nSPS) is 32.7. The van der Waals surface area contributed by atoms with E-state index in [-0.39, 0.29) is 12.2 Å². The first-order valence-electron chi connectivity index (χ1n) is 3.95. The fraction of sp³-hybridized carbons (Fsp3) is 0.778. The van der Waals surface area contributed by atoms with Crippen LogP contribution in [0.5, 0.6) is 0 Å². The van der Waals surface area contributed by atoms with Gasteiger partial charge in [0, 0.05) is 0 Å². The Morgan fingerprint density at radius 2 is 2.08 bits per heavy atom. The van der Waals surface area contributed by atoms with E-state index in [1.165, 1.54) is 0 Å². The number of rotatable bonds is 0. The van der Waals surface area contributed by atoms with E-state index in [0.29, 0.717) is 5.33 Å². The number of halogens is 1. The monoisotopic (exact) mass is 232 g/mol. The molecule has 1 heterocycles. The summed E-state index contributed by atoms with van der Waals surface area (Å²) in [5, 5.41) is 0.681. The maximum absolute atomic E-state index is 5.55. The van der Waals surface area contributed by atoms with Crippen LogP contribution in [0, 0.1) is 11.8 Å². The Balaban J connectivity index is 2.58. The Hall–Kier alpha value is -0.0400. The van der Waals surface area contributed by atoms with Crippen LogP contribution in [0.4, 0.5) is 0 Å². The van der Waals surface area contributed by atoms with Gasteiger partial charge in [-0.2, -0.15) is 0 Å². The van der Waals surface area contributed by atoms with Crippen molar-refractivity contribution < 1.29 is 9.47 Å². The van der Waals surface area contributed by atoms with Gasteiger partial charge in [0.2, 0.25) is 0 Å². The van der Waals surface area contributed by atoms with Gasteiger partial charge < -0.3 is 9.47 Å². The van der Waals surface area contributed by atoms with Gasteiger partial charge >= 0.3 is 0 Å². The summed E-state index contributed by atoms with van der Waals surface area (Å²) >= 11 is 3.24. The molecule has 3 heteroatoms. The molecule has 0 spiro atoms. The third-order valence-electron chi connectivity index (χ3n) is 1.62. The van der Waals surface area contributed by atoms with E-state index in [1.54, 1.807) is 0 Å². The summed E-state index contributed by atoms with van der Waals surface area (Å²) in [6.45, 7) is 5.78. The highest BCUT2D eigenvalue weighted by Gasteiger charge is 2.37. The zero-order valence-electron chi connectivity index (χ0n) is 7.56. The maximum Gasteiger partial charge on any atom is 0.165 e. The Morgan fingerprint density at radius 3 is 2.50 bits per heavy atom. The van der Waals surface area contributed by atoms with Crippen LogP contribution in [0.3, 0.4) is 0 Å². The highest BCUT2D eigenvalue weighted by Crippen LogP contribution is 2.27. The van der Waals surface area contributed by atoms with Crippen LogP contribution in [0.25, 0.3) is 0 Å². The molecule has 1 aliphatic heterocycles. The Kier molecular flexibility index (Phi) is 3.16. The minimum Gasteiger partial charge on any atom is -0.344 e. The van der Waals surface area contributed by atoms with E-state index in [4.69, 9.17) is 9.47 Å². The second-order valence-corrected chi connectivity index (χ2v) is 3.78. The molecule has 12 heavy (non-hydrogen) atoms. The average Bonchev–Trinajstić information content (AvgIpc) is 2.20. The Labute approximate surface area is 81.7 Å². The molecule has 0 aromatic carbocycles. The van der Waals surface area contributed by atoms with Crippen molar-refractivity contribution in [3.8, 4) is 11.8 Å². The predicted octanol–water partition coefficient (Wildman–Crippen LogP) is 1.92. The van der Waals surface area contributed by atoms with Crippen molar-refractivity contribution in [2.24, 2.45) is 0 Å². The van der Waals surface area contributed by atoms with E-state index in [0.717, 1.165) is 0 Å². The summed E-state index contributed by atoms with van der Waals surface area (Å²) in [4.78, 5) is 0. The zero-order valence-corrected chi connectivity index (χ0v) is 9.14. The first-order chi connectivity index (χ1) is 5.55. The fourth-order valence-electron chi connectivity index (χ4n) is 1.22. The molecule has 1 fully saturated rings. The van der Waals surface area contributed by atoms with Crippen molar-refractivity contribution in [3.05, 3.63) is 0 Å². The minimum atomic E-state index is -0.481. The van der Waals surface area contributed by atoms with Gasteiger partial charge in [-0.25, -0.2) is 0 Å². The summed E-state index contributed by atoms with van der Waals surface area (Å²) in [6, 6.07) is 0. The lowest BCUT2D eigenvalue weighted by Crippen LogP contribution is -2.20. The molecule has 0 amide bonds. The zero-order chi connectivity index (χ0) is 9.19. The van der Waals surface area contributed by atoms with Gasteiger partial charge in [0.05, 0.1) is 11.4 Å². The lowest BCUT2D eigenvalue weighted by atomic mass is 10.2. The van der Waals surface area contributed by atoms with Crippen LogP contribution in [-0.2, 0) is 9.47 Å². The summed E-state index contributed by atoms with van der Waals surface area (Å²) in [6.07, 6.45) is -0.0240. The standard InChI is InChI=1S/C9H13BrO2/c1-7-8(5-4-6-10)12-9(2,3)11-7/h7-8H,6H2,1-3H3/t7-,8-/m1/s1. The van der Waals surface area contributed by atoms with Gasteiger partial charge in [-0.05, 0) is 20.8 Å². The highest BCUT2D eigenvalue weighted by molar-refractivity contribution is 9.09. The van der Waals surface area contributed by atoms with E-state index in [2.05, 4.69) is 27.8 Å². The highest BCUT2D eigenvalue weighted by atomic mass is 79.9. The van der Waals surface area contributed by atoms with Crippen LogP contribution in [0.2, 0.25) is 0 Å². The number of ether oxygens (including phenoxy) is 2. The largest absolute Gasteiger partial charge is 0.344 e. The third-order valence-corrected chi connectivity index (χ3v) is 1.90. The Morgan fingerprint density at radius 1 is 1.42 bits per heavy atom. The van der Waals surface area contributed by atoms with Gasteiger partial charge in [-0.1, -0.05) is 27.8 Å². The van der Waals surface area contributed by atoms with Crippen molar-refractivity contribution in [3.63, 3.8) is 0 Å². The molecule has 1 aliphatic rings. The smallest absolute Gasteiger partial charge is 0.165 e. The van der Waals surface area contributed by atoms with E-state index >= 15 is 0 Å². The van der Waals surface area contributed by atoms with Gasteiger partial charge in [0.15, 0.2) is 5.79 Å². The van der Waals surface area contributed by atoms with E-state index in [1.807, 2.05) is 20.8 Å². The molecular formula is C9H13BrO2. The molecule has 1 rings (SSSR count). The van der Waals surface area contributed by atoms with Gasteiger partial charge in [-0.3, -0.25) is 0 Å². The average molecular weight is 233 g/mol. The maximum atomic E-state index is 5.55. The van der Waals surface area contributed by atoms with Crippen molar-refractivity contribution >= 4 is 15.9 Å². The van der Waals surface area contributed by atoms with Gasteiger partial charge in [0.1, 0.15) is 6.10 Å². The summed E-state index contributed by atoms with van der Waals surface area (Å²) in [5.74, 6) is 5.43. The molecule has 0 unspecified atom stereocenters. The number of alkyl halides is 1. The second kappa shape index (κ2) is 3.78. The van der Waals surface area contributed by atoms with Crippen LogP contribution in [-0.4, -0.2) is 23.3 Å². The third kappa shape index (κ3) is 2.48. The molecule has 0 radical (unpaired) electrons. The van der Waals surface area contributed by atoms with Gasteiger partial charge in [0.25, 0.3) is 0 Å². The predicted molar refractivity (Wildman–Crippen MR) is 51.1 cm³/mol. The summed E-state index contributed by atoms with van der Waals surface area (Å²) in [7, 11) is 0. The topological polar surface area (TPSA) is 18.5 Å². The van der Waals surface area contributed by atoms with Crippen LogP contribution >= 0.6 is 15.9 Å². The molecule has 0 saturated carbocycles. The van der Waals surface area contributed by atoms with Gasteiger partial charge in [-0.15, -0.1) is 0 Å². The first-order valence-corrected chi connectivity index (χ1v) is 5.07. The van der Waals surface area contributed by atoms with Crippen LogP contribution in [0.1, 0.15) is 20.8 Å². The van der Waals surface area contributed by atoms with Crippen LogP contribution in [0.15, 0.2) is 0 Å². The van der Waals surface area contributed by atoms with Crippen molar-refractivity contribution in [1.82, 2.24) is 0 Å². The molecular weight excluding hydrogens is 220 g/mol. The molecule has 0 aromatic rings. The SMILES string of the molecule is C[C@H]1OC(C)(C)O[C@@H]1C#CCBr. The van der Waals surface area contributed by atoms with E-state index in [9.17, 15) is 0 Å². The Bertz CT molecular complexity index is 214. The molecule has 68 valence electrons. The first kappa shape index (κ1) is 10.0. The quantitative estimate of drug-likeness (QED) is 0.470. The molecule has 2 atom stereocenters. The van der Waals surface area contributed by atoms with Crippen LogP contribution < -0.4 is 0 Å². The molecule has 0 aliphatic carbocycles.